The second-order valence-corrected chi connectivity index (χ2v) is 8.11. The number of aliphatic hydroxyl groups excluding tert-OH is 2. The van der Waals surface area contributed by atoms with Crippen LogP contribution < -0.4 is 5.32 Å². The monoisotopic (exact) mass is 387 g/mol. The predicted molar refractivity (Wildman–Crippen MR) is 116 cm³/mol. The summed E-state index contributed by atoms with van der Waals surface area (Å²) >= 11 is 0. The summed E-state index contributed by atoms with van der Waals surface area (Å²) in [4.78, 5) is 0. The Kier molecular flexibility index (Phi) is 22.0. The number of ether oxygens (including phenoxy) is 1. The van der Waals surface area contributed by atoms with E-state index in [0.717, 1.165) is 6.42 Å². The maximum atomic E-state index is 9.75. The van der Waals surface area contributed by atoms with Crippen molar-refractivity contribution in [1.82, 2.24) is 5.32 Å². The topological polar surface area (TPSA) is 61.7 Å². The molecule has 0 aromatic rings. The molecule has 0 aromatic heterocycles. The summed E-state index contributed by atoms with van der Waals surface area (Å²) in [6.07, 6.45) is 20.2. The molecule has 0 rings (SSSR count). The van der Waals surface area contributed by atoms with Crippen LogP contribution in [-0.4, -0.2) is 48.7 Å². The fourth-order valence-corrected chi connectivity index (χ4v) is 3.39. The predicted octanol–water partition coefficient (Wildman–Crippen LogP) is 5.21. The molecule has 4 nitrogen and oxygen atoms in total. The zero-order valence-electron chi connectivity index (χ0n) is 18.4. The molecular weight excluding hydrogens is 338 g/mol. The average molecular weight is 388 g/mol. The van der Waals surface area contributed by atoms with Gasteiger partial charge in [0.05, 0.1) is 25.4 Å². The fourth-order valence-electron chi connectivity index (χ4n) is 3.39. The quantitative estimate of drug-likeness (QED) is 0.223. The van der Waals surface area contributed by atoms with E-state index in [2.05, 4.69) is 19.2 Å². The van der Waals surface area contributed by atoms with Crippen molar-refractivity contribution in [3.05, 3.63) is 0 Å². The first kappa shape index (κ1) is 26.8. The Morgan fingerprint density at radius 2 is 1.26 bits per heavy atom. The van der Waals surface area contributed by atoms with Crippen LogP contribution in [0.1, 0.15) is 110 Å². The molecule has 0 spiro atoms. The number of rotatable bonds is 22. The molecule has 0 aliphatic rings. The van der Waals surface area contributed by atoms with Crippen molar-refractivity contribution in [3.63, 3.8) is 0 Å². The molecule has 27 heavy (non-hydrogen) atoms. The molecule has 2 atom stereocenters. The van der Waals surface area contributed by atoms with Gasteiger partial charge in [-0.15, -0.1) is 0 Å². The molecule has 4 heteroatoms. The van der Waals surface area contributed by atoms with Crippen molar-refractivity contribution in [2.24, 2.45) is 0 Å². The first-order valence-corrected chi connectivity index (χ1v) is 11.8. The molecule has 0 saturated heterocycles. The highest BCUT2D eigenvalue weighted by Crippen LogP contribution is 2.14. The standard InChI is InChI=1S/C23H49NO3/c1-3-4-5-6-7-8-9-10-11-12-13-14-15-16-17-22(2)27-21-23(26)20-24-18-19-25/h22-26H,3-21H2,1-2H3. The van der Waals surface area contributed by atoms with Gasteiger partial charge in [0.2, 0.25) is 0 Å². The van der Waals surface area contributed by atoms with Crippen molar-refractivity contribution in [1.29, 1.82) is 0 Å². The summed E-state index contributed by atoms with van der Waals surface area (Å²) < 4.78 is 5.70. The van der Waals surface area contributed by atoms with Crippen LogP contribution in [0.3, 0.4) is 0 Å². The Balaban J connectivity index is 3.20. The van der Waals surface area contributed by atoms with Crippen molar-refractivity contribution < 1.29 is 14.9 Å². The van der Waals surface area contributed by atoms with E-state index in [1.54, 1.807) is 0 Å². The van der Waals surface area contributed by atoms with Crippen LogP contribution in [-0.2, 0) is 4.74 Å². The van der Waals surface area contributed by atoms with Crippen LogP contribution in [0.5, 0.6) is 0 Å². The number of unbranched alkanes of at least 4 members (excludes halogenated alkanes) is 13. The van der Waals surface area contributed by atoms with E-state index in [-0.39, 0.29) is 12.7 Å². The molecule has 0 aromatic carbocycles. The highest BCUT2D eigenvalue weighted by atomic mass is 16.5. The van der Waals surface area contributed by atoms with E-state index in [0.29, 0.717) is 19.7 Å². The molecule has 3 N–H and O–H groups in total. The zero-order chi connectivity index (χ0) is 20.0. The molecule has 0 radical (unpaired) electrons. The molecule has 0 amide bonds. The maximum Gasteiger partial charge on any atom is 0.0897 e. The molecule has 0 bridgehead atoms. The van der Waals surface area contributed by atoms with E-state index in [1.807, 2.05) is 0 Å². The van der Waals surface area contributed by atoms with Gasteiger partial charge in [-0.05, 0) is 13.3 Å². The normalized spacial score (nSPS) is 13.8. The summed E-state index contributed by atoms with van der Waals surface area (Å²) in [5, 5.41) is 21.4. The van der Waals surface area contributed by atoms with E-state index >= 15 is 0 Å². The van der Waals surface area contributed by atoms with Gasteiger partial charge in [0.1, 0.15) is 0 Å². The average Bonchev–Trinajstić information content (AvgIpc) is 2.67. The van der Waals surface area contributed by atoms with Crippen LogP contribution in [0, 0.1) is 0 Å². The van der Waals surface area contributed by atoms with Crippen molar-refractivity contribution in [2.45, 2.75) is 122 Å². The molecule has 0 saturated carbocycles. The Bertz CT molecular complexity index is 276. The summed E-state index contributed by atoms with van der Waals surface area (Å²) in [5.74, 6) is 0. The van der Waals surface area contributed by atoms with Crippen LogP contribution in [0.15, 0.2) is 0 Å². The molecule has 2 unspecified atom stereocenters. The van der Waals surface area contributed by atoms with Gasteiger partial charge in [-0.1, -0.05) is 96.8 Å². The number of hydrogen-bond acceptors (Lipinski definition) is 4. The fraction of sp³-hybridized carbons (Fsp3) is 1.00. The third kappa shape index (κ3) is 22.0. The Hall–Kier alpha value is -0.160. The number of aliphatic hydroxyl groups is 2. The van der Waals surface area contributed by atoms with Crippen molar-refractivity contribution in [3.8, 4) is 0 Å². The van der Waals surface area contributed by atoms with E-state index in [1.165, 1.54) is 89.9 Å². The van der Waals surface area contributed by atoms with Crippen molar-refractivity contribution >= 4 is 0 Å². The lowest BCUT2D eigenvalue weighted by atomic mass is 10.0. The minimum absolute atomic E-state index is 0.100. The van der Waals surface area contributed by atoms with Gasteiger partial charge in [-0.3, -0.25) is 0 Å². The summed E-state index contributed by atoms with van der Waals surface area (Å²) in [5.41, 5.74) is 0. The summed E-state index contributed by atoms with van der Waals surface area (Å²) in [6, 6.07) is 0. The Morgan fingerprint density at radius 3 is 1.74 bits per heavy atom. The van der Waals surface area contributed by atoms with Crippen LogP contribution in [0.4, 0.5) is 0 Å². The highest BCUT2D eigenvalue weighted by molar-refractivity contribution is 4.60. The van der Waals surface area contributed by atoms with Gasteiger partial charge in [-0.25, -0.2) is 0 Å². The Morgan fingerprint density at radius 1 is 0.778 bits per heavy atom. The van der Waals surface area contributed by atoms with Gasteiger partial charge in [-0.2, -0.15) is 0 Å². The minimum Gasteiger partial charge on any atom is -0.395 e. The molecular formula is C23H49NO3. The third-order valence-electron chi connectivity index (χ3n) is 5.21. The largest absolute Gasteiger partial charge is 0.395 e. The lowest BCUT2D eigenvalue weighted by Crippen LogP contribution is -2.33. The molecule has 0 aliphatic carbocycles. The van der Waals surface area contributed by atoms with Gasteiger partial charge in [0.25, 0.3) is 0 Å². The zero-order valence-corrected chi connectivity index (χ0v) is 18.4. The minimum atomic E-state index is -0.490. The highest BCUT2D eigenvalue weighted by Gasteiger charge is 2.07. The van der Waals surface area contributed by atoms with Crippen LogP contribution >= 0.6 is 0 Å². The van der Waals surface area contributed by atoms with E-state index in [4.69, 9.17) is 9.84 Å². The summed E-state index contributed by atoms with van der Waals surface area (Å²) in [6.45, 7) is 5.84. The second kappa shape index (κ2) is 22.1. The lowest BCUT2D eigenvalue weighted by Gasteiger charge is -2.16. The summed E-state index contributed by atoms with van der Waals surface area (Å²) in [7, 11) is 0. The number of nitrogens with one attached hydrogen (secondary N) is 1. The first-order chi connectivity index (χ1) is 13.2. The number of hydrogen-bond donors (Lipinski definition) is 3. The SMILES string of the molecule is CCCCCCCCCCCCCCCCC(C)OCC(O)CNCCO. The van der Waals surface area contributed by atoms with E-state index < -0.39 is 6.10 Å². The third-order valence-corrected chi connectivity index (χ3v) is 5.21. The van der Waals surface area contributed by atoms with Gasteiger partial charge >= 0.3 is 0 Å². The van der Waals surface area contributed by atoms with Crippen LogP contribution in [0.25, 0.3) is 0 Å². The lowest BCUT2D eigenvalue weighted by molar-refractivity contribution is -0.00514. The van der Waals surface area contributed by atoms with Gasteiger partial charge in [0, 0.05) is 13.1 Å². The molecule has 0 heterocycles. The van der Waals surface area contributed by atoms with Crippen molar-refractivity contribution in [2.75, 3.05) is 26.3 Å². The first-order valence-electron chi connectivity index (χ1n) is 11.8. The Labute approximate surface area is 169 Å². The van der Waals surface area contributed by atoms with Gasteiger partial charge in [0.15, 0.2) is 0 Å². The second-order valence-electron chi connectivity index (χ2n) is 8.11. The smallest absolute Gasteiger partial charge is 0.0897 e. The van der Waals surface area contributed by atoms with Gasteiger partial charge < -0.3 is 20.3 Å². The molecule has 0 aliphatic heterocycles. The van der Waals surface area contributed by atoms with Crippen LogP contribution in [0.2, 0.25) is 0 Å². The van der Waals surface area contributed by atoms with E-state index in [9.17, 15) is 5.11 Å². The molecule has 0 fully saturated rings. The maximum absolute atomic E-state index is 9.75. The molecule has 164 valence electrons.